The second kappa shape index (κ2) is 8.88. The fourth-order valence-electron chi connectivity index (χ4n) is 3.09. The molecule has 0 radical (unpaired) electrons. The molecule has 0 saturated carbocycles. The van der Waals surface area contributed by atoms with E-state index in [4.69, 9.17) is 4.74 Å². The molecule has 1 aromatic carbocycles. The van der Waals surface area contributed by atoms with Crippen LogP contribution in [0.2, 0.25) is 0 Å². The summed E-state index contributed by atoms with van der Waals surface area (Å²) >= 11 is 0. The molecule has 7 heteroatoms. The van der Waals surface area contributed by atoms with Crippen LogP contribution in [0.25, 0.3) is 0 Å². The predicted octanol–water partition coefficient (Wildman–Crippen LogP) is 3.16. The van der Waals surface area contributed by atoms with Crippen LogP contribution in [0, 0.1) is 0 Å². The Morgan fingerprint density at radius 2 is 1.96 bits per heavy atom. The predicted molar refractivity (Wildman–Crippen MR) is 104 cm³/mol. The Morgan fingerprint density at radius 1 is 1.22 bits per heavy atom. The molecule has 1 aromatic rings. The normalized spacial score (nSPS) is 17.2. The third-order valence-corrected chi connectivity index (χ3v) is 4.20. The number of carbonyl (C=O) groups excluding carboxylic acids is 3. The number of piperidine rings is 1. The van der Waals surface area contributed by atoms with Gasteiger partial charge >= 0.3 is 6.09 Å². The molecule has 1 atom stereocenters. The molecule has 0 spiro atoms. The molecule has 0 aliphatic carbocycles. The summed E-state index contributed by atoms with van der Waals surface area (Å²) in [5.41, 5.74) is 0.551. The van der Waals surface area contributed by atoms with Crippen LogP contribution in [0.5, 0.6) is 0 Å². The zero-order chi connectivity index (χ0) is 20.0. The van der Waals surface area contributed by atoms with E-state index in [0.717, 1.165) is 19.3 Å². The van der Waals surface area contributed by atoms with Crippen LogP contribution in [-0.2, 0) is 9.53 Å². The van der Waals surface area contributed by atoms with Crippen LogP contribution >= 0.6 is 0 Å². The summed E-state index contributed by atoms with van der Waals surface area (Å²) in [7, 11) is 0. The number of hydrogen-bond acceptors (Lipinski definition) is 4. The van der Waals surface area contributed by atoms with Crippen LogP contribution < -0.4 is 10.6 Å². The monoisotopic (exact) mass is 375 g/mol. The number of amides is 3. The molecular formula is C20H29N3O4. The molecule has 1 heterocycles. The lowest BCUT2D eigenvalue weighted by atomic mass is 10.0. The molecule has 0 aromatic heterocycles. The van der Waals surface area contributed by atoms with E-state index in [1.807, 2.05) is 20.8 Å². The maximum Gasteiger partial charge on any atom is 0.407 e. The third-order valence-electron chi connectivity index (χ3n) is 4.20. The smallest absolute Gasteiger partial charge is 0.407 e. The standard InChI is InChI=1S/C20H29N3O4/c1-14(24)22-16-9-7-8-15(12-16)18(25)23-11-6-5-10-17(23)13-21-19(26)27-20(2,3)4/h7-9,12,17H,5-6,10-11,13H2,1-4H3,(H,21,26)(H,22,24). The van der Waals surface area contributed by atoms with Crippen molar-refractivity contribution in [2.45, 2.75) is 58.6 Å². The second-order valence-electron chi connectivity index (χ2n) is 7.79. The molecule has 2 N–H and O–H groups in total. The van der Waals surface area contributed by atoms with Crippen LogP contribution in [0.1, 0.15) is 57.3 Å². The highest BCUT2D eigenvalue weighted by Crippen LogP contribution is 2.21. The molecule has 3 amide bonds. The van der Waals surface area contributed by atoms with Crippen LogP contribution in [-0.4, -0.2) is 47.5 Å². The highest BCUT2D eigenvalue weighted by molar-refractivity contribution is 5.97. The van der Waals surface area contributed by atoms with Gasteiger partial charge in [0.2, 0.25) is 5.91 Å². The number of nitrogens with zero attached hydrogens (tertiary/aromatic N) is 1. The minimum absolute atomic E-state index is 0.0804. The zero-order valence-electron chi connectivity index (χ0n) is 16.5. The molecule has 2 rings (SSSR count). The number of likely N-dealkylation sites (tertiary alicyclic amines) is 1. The quantitative estimate of drug-likeness (QED) is 0.846. The van der Waals surface area contributed by atoms with E-state index in [-0.39, 0.29) is 17.9 Å². The van der Waals surface area contributed by atoms with E-state index in [1.54, 1.807) is 29.2 Å². The molecule has 0 bridgehead atoms. The molecule has 1 aliphatic heterocycles. The Bertz CT molecular complexity index is 697. The molecule has 1 aliphatic rings. The van der Waals surface area contributed by atoms with Crippen molar-refractivity contribution in [3.05, 3.63) is 29.8 Å². The van der Waals surface area contributed by atoms with Crippen LogP contribution in [0.3, 0.4) is 0 Å². The summed E-state index contributed by atoms with van der Waals surface area (Å²) < 4.78 is 5.27. The minimum atomic E-state index is -0.559. The lowest BCUT2D eigenvalue weighted by Crippen LogP contribution is -2.50. The van der Waals surface area contributed by atoms with Gasteiger partial charge in [-0.05, 0) is 58.2 Å². The molecule has 1 unspecified atom stereocenters. The van der Waals surface area contributed by atoms with Gasteiger partial charge in [0.05, 0.1) is 0 Å². The minimum Gasteiger partial charge on any atom is -0.444 e. The highest BCUT2D eigenvalue weighted by atomic mass is 16.6. The first-order valence-electron chi connectivity index (χ1n) is 9.31. The lowest BCUT2D eigenvalue weighted by Gasteiger charge is -2.36. The molecule has 7 nitrogen and oxygen atoms in total. The van der Waals surface area contributed by atoms with Gasteiger partial charge in [-0.1, -0.05) is 6.07 Å². The Hall–Kier alpha value is -2.57. The first-order valence-corrected chi connectivity index (χ1v) is 9.31. The average Bonchev–Trinajstić information content (AvgIpc) is 2.58. The number of alkyl carbamates (subject to hydrolysis) is 1. The number of ether oxygens (including phenoxy) is 1. The van der Waals surface area contributed by atoms with Crippen molar-refractivity contribution in [3.8, 4) is 0 Å². The largest absolute Gasteiger partial charge is 0.444 e. The van der Waals surface area contributed by atoms with Crippen molar-refractivity contribution in [1.29, 1.82) is 0 Å². The van der Waals surface area contributed by atoms with Gasteiger partial charge in [-0.15, -0.1) is 0 Å². The second-order valence-corrected chi connectivity index (χ2v) is 7.79. The third kappa shape index (κ3) is 6.58. The van der Waals surface area contributed by atoms with Crippen molar-refractivity contribution < 1.29 is 19.1 Å². The van der Waals surface area contributed by atoms with Gasteiger partial charge in [-0.2, -0.15) is 0 Å². The van der Waals surface area contributed by atoms with Crippen LogP contribution in [0.15, 0.2) is 24.3 Å². The summed E-state index contributed by atoms with van der Waals surface area (Å²) in [6, 6.07) is 6.83. The maximum absolute atomic E-state index is 13.0. The maximum atomic E-state index is 13.0. The Balaban J connectivity index is 2.04. The van der Waals surface area contributed by atoms with Crippen molar-refractivity contribution in [1.82, 2.24) is 10.2 Å². The highest BCUT2D eigenvalue weighted by Gasteiger charge is 2.28. The molecule has 148 valence electrons. The molecular weight excluding hydrogens is 346 g/mol. The summed E-state index contributed by atoms with van der Waals surface area (Å²) in [5, 5.41) is 5.46. The van der Waals surface area contributed by atoms with E-state index in [2.05, 4.69) is 10.6 Å². The fraction of sp³-hybridized carbons (Fsp3) is 0.550. The summed E-state index contributed by atoms with van der Waals surface area (Å²) in [4.78, 5) is 37.9. The first-order chi connectivity index (χ1) is 12.7. The Morgan fingerprint density at radius 3 is 2.63 bits per heavy atom. The number of hydrogen-bond donors (Lipinski definition) is 2. The summed E-state index contributed by atoms with van der Waals surface area (Å²) in [6.07, 6.45) is 2.29. The van der Waals surface area contributed by atoms with E-state index < -0.39 is 11.7 Å². The van der Waals surface area contributed by atoms with Gasteiger partial charge < -0.3 is 20.3 Å². The first kappa shape index (κ1) is 20.7. The number of benzene rings is 1. The number of rotatable bonds is 4. The average molecular weight is 375 g/mol. The number of nitrogens with one attached hydrogen (secondary N) is 2. The van der Waals surface area contributed by atoms with Gasteiger partial charge in [-0.25, -0.2) is 4.79 Å². The van der Waals surface area contributed by atoms with Crippen molar-refractivity contribution in [3.63, 3.8) is 0 Å². The van der Waals surface area contributed by atoms with Crippen LogP contribution in [0.4, 0.5) is 10.5 Å². The Labute approximate surface area is 160 Å². The van der Waals surface area contributed by atoms with Gasteiger partial charge in [0.1, 0.15) is 5.60 Å². The molecule has 1 saturated heterocycles. The van der Waals surface area contributed by atoms with Gasteiger partial charge in [0, 0.05) is 37.3 Å². The van der Waals surface area contributed by atoms with Crippen molar-refractivity contribution in [2.75, 3.05) is 18.4 Å². The van der Waals surface area contributed by atoms with Gasteiger partial charge in [-0.3, -0.25) is 9.59 Å². The summed E-state index contributed by atoms with van der Waals surface area (Å²) in [5.74, 6) is -0.283. The lowest BCUT2D eigenvalue weighted by molar-refractivity contribution is -0.114. The fourth-order valence-corrected chi connectivity index (χ4v) is 3.09. The number of anilines is 1. The molecule has 1 fully saturated rings. The SMILES string of the molecule is CC(=O)Nc1cccc(C(=O)N2CCCCC2CNC(=O)OC(C)(C)C)c1. The van der Waals surface area contributed by atoms with E-state index in [1.165, 1.54) is 6.92 Å². The van der Waals surface area contributed by atoms with E-state index in [9.17, 15) is 14.4 Å². The van der Waals surface area contributed by atoms with Crippen molar-refractivity contribution in [2.24, 2.45) is 0 Å². The summed E-state index contributed by atoms with van der Waals surface area (Å²) in [6.45, 7) is 7.86. The topological polar surface area (TPSA) is 87.7 Å². The Kier molecular flexibility index (Phi) is 6.82. The number of carbonyl (C=O) groups is 3. The zero-order valence-corrected chi connectivity index (χ0v) is 16.5. The van der Waals surface area contributed by atoms with Gasteiger partial charge in [0.15, 0.2) is 0 Å². The molecule has 27 heavy (non-hydrogen) atoms. The van der Waals surface area contributed by atoms with Crippen molar-refractivity contribution >= 4 is 23.6 Å². The van der Waals surface area contributed by atoms with E-state index >= 15 is 0 Å². The van der Waals surface area contributed by atoms with Gasteiger partial charge in [0.25, 0.3) is 5.91 Å². The van der Waals surface area contributed by atoms with E-state index in [0.29, 0.717) is 24.3 Å².